The SMILES string of the molecule is COCn1c(=O)c2c(C(=O)OC)cn([C@H]3C[C@H](OC(=O)c4ccc(C)cc4)[C@@H](COC(=O)c4ccc(C)cc4)O3)c2n(COCc2ccccc2)c1=O. The highest BCUT2D eigenvalue weighted by Gasteiger charge is 2.42. The lowest BCUT2D eigenvalue weighted by atomic mass is 10.1. The molecule has 0 bridgehead atoms. The van der Waals surface area contributed by atoms with Crippen LogP contribution >= 0.6 is 0 Å². The van der Waals surface area contributed by atoms with Crippen molar-refractivity contribution in [2.75, 3.05) is 20.8 Å². The van der Waals surface area contributed by atoms with E-state index >= 15 is 0 Å². The zero-order valence-electron chi connectivity index (χ0n) is 29.7. The number of carbonyl (C=O) groups is 3. The number of carbonyl (C=O) groups excluding carboxylic acids is 3. The molecule has 2 aromatic heterocycles. The van der Waals surface area contributed by atoms with Crippen molar-refractivity contribution in [3.05, 3.63) is 139 Å². The molecule has 0 unspecified atom stereocenters. The molecule has 0 aliphatic carbocycles. The standard InChI is InChI=1S/C39H39N3O11/c1-24-10-14-27(15-11-24)36(44)51-21-31-30(53-37(45)28-16-12-25(2)13-17-28)18-32(52-31)40-19-29(38(46)49-4)33-34(40)41(39(47)42(22-48-3)35(33)43)23-50-20-26-8-6-5-7-9-26/h5-17,19,30-32H,18,20-23H2,1-4H3/t30-,31+,32+/m0/s1. The van der Waals surface area contributed by atoms with Crippen LogP contribution in [0.5, 0.6) is 0 Å². The first-order valence-electron chi connectivity index (χ1n) is 16.8. The number of benzene rings is 3. The number of hydrogen-bond acceptors (Lipinski definition) is 11. The fourth-order valence-corrected chi connectivity index (χ4v) is 6.10. The van der Waals surface area contributed by atoms with Gasteiger partial charge in [0, 0.05) is 19.7 Å². The van der Waals surface area contributed by atoms with Gasteiger partial charge in [0.15, 0.2) is 0 Å². The minimum atomic E-state index is -1.02. The van der Waals surface area contributed by atoms with Crippen LogP contribution in [0.25, 0.3) is 11.0 Å². The minimum Gasteiger partial charge on any atom is -0.465 e. The maximum atomic E-state index is 13.9. The molecule has 3 atom stereocenters. The van der Waals surface area contributed by atoms with E-state index in [4.69, 9.17) is 28.4 Å². The van der Waals surface area contributed by atoms with Gasteiger partial charge in [-0.25, -0.2) is 23.7 Å². The lowest BCUT2D eigenvalue weighted by Crippen LogP contribution is -2.41. The van der Waals surface area contributed by atoms with Crippen LogP contribution in [0.2, 0.25) is 0 Å². The van der Waals surface area contributed by atoms with Crippen molar-refractivity contribution in [1.29, 1.82) is 0 Å². The number of ether oxygens (including phenoxy) is 6. The van der Waals surface area contributed by atoms with Gasteiger partial charge in [0.05, 0.1) is 35.8 Å². The van der Waals surface area contributed by atoms with Gasteiger partial charge in [0.25, 0.3) is 5.56 Å². The average molecular weight is 726 g/mol. The van der Waals surface area contributed by atoms with Crippen molar-refractivity contribution in [3.8, 4) is 0 Å². The van der Waals surface area contributed by atoms with Crippen molar-refractivity contribution >= 4 is 28.9 Å². The number of aromatic nitrogens is 3. The van der Waals surface area contributed by atoms with Crippen molar-refractivity contribution in [2.24, 2.45) is 0 Å². The van der Waals surface area contributed by atoms with E-state index in [1.807, 2.05) is 44.2 Å². The van der Waals surface area contributed by atoms with Crippen LogP contribution < -0.4 is 11.2 Å². The first kappa shape index (κ1) is 36.9. The molecule has 3 aromatic carbocycles. The Morgan fingerprint density at radius 2 is 1.43 bits per heavy atom. The molecule has 276 valence electrons. The Morgan fingerprint density at radius 3 is 2.06 bits per heavy atom. The summed E-state index contributed by atoms with van der Waals surface area (Å²) >= 11 is 0. The van der Waals surface area contributed by atoms with Crippen molar-refractivity contribution in [3.63, 3.8) is 0 Å². The van der Waals surface area contributed by atoms with Crippen molar-refractivity contribution in [1.82, 2.24) is 13.7 Å². The summed E-state index contributed by atoms with van der Waals surface area (Å²) in [7, 11) is 2.50. The van der Waals surface area contributed by atoms with Crippen LogP contribution in [0, 0.1) is 13.8 Å². The van der Waals surface area contributed by atoms with Gasteiger partial charge >= 0.3 is 23.6 Å². The molecule has 0 amide bonds. The van der Waals surface area contributed by atoms with Gasteiger partial charge in [0.1, 0.15) is 44.2 Å². The highest BCUT2D eigenvalue weighted by molar-refractivity contribution is 6.03. The number of fused-ring (bicyclic) bond motifs is 1. The summed E-state index contributed by atoms with van der Waals surface area (Å²) in [5.41, 5.74) is 1.69. The summed E-state index contributed by atoms with van der Waals surface area (Å²) in [6.45, 7) is 2.90. The van der Waals surface area contributed by atoms with E-state index in [0.717, 1.165) is 21.3 Å². The zero-order chi connectivity index (χ0) is 37.6. The molecule has 1 aliphatic rings. The predicted molar refractivity (Wildman–Crippen MR) is 190 cm³/mol. The second-order valence-corrected chi connectivity index (χ2v) is 12.6. The Balaban J connectivity index is 1.40. The van der Waals surface area contributed by atoms with E-state index in [1.54, 1.807) is 48.5 Å². The van der Waals surface area contributed by atoms with E-state index in [0.29, 0.717) is 11.1 Å². The smallest absolute Gasteiger partial charge is 0.340 e. The van der Waals surface area contributed by atoms with E-state index in [-0.39, 0.29) is 43.0 Å². The van der Waals surface area contributed by atoms with E-state index in [9.17, 15) is 24.0 Å². The Morgan fingerprint density at radius 1 is 0.792 bits per heavy atom. The van der Waals surface area contributed by atoms with Gasteiger partial charge in [-0.2, -0.15) is 0 Å². The Labute approximate surface area is 304 Å². The highest BCUT2D eigenvalue weighted by atomic mass is 16.6. The summed E-state index contributed by atoms with van der Waals surface area (Å²) in [6.07, 6.45) is -1.61. The number of aryl methyl sites for hydroxylation is 2. The fourth-order valence-electron chi connectivity index (χ4n) is 6.10. The Bertz CT molecular complexity index is 2220. The minimum absolute atomic E-state index is 0.00500. The molecule has 5 aromatic rings. The normalized spacial score (nSPS) is 16.8. The number of esters is 3. The number of hydrogen-bond donors (Lipinski definition) is 0. The molecule has 0 N–H and O–H groups in total. The van der Waals surface area contributed by atoms with Crippen LogP contribution in [-0.2, 0) is 48.5 Å². The highest BCUT2D eigenvalue weighted by Crippen LogP contribution is 2.35. The van der Waals surface area contributed by atoms with E-state index in [1.165, 1.54) is 29.6 Å². The molecule has 14 nitrogen and oxygen atoms in total. The maximum absolute atomic E-state index is 13.9. The number of nitrogens with zero attached hydrogens (tertiary/aromatic N) is 3. The van der Waals surface area contributed by atoms with Gasteiger partial charge in [-0.05, 0) is 43.7 Å². The second kappa shape index (κ2) is 16.2. The summed E-state index contributed by atoms with van der Waals surface area (Å²) in [5.74, 6) is -2.08. The fraction of sp³-hybridized carbons (Fsp3) is 0.308. The number of methoxy groups -OCH3 is 2. The Kier molecular flexibility index (Phi) is 11.3. The molecule has 0 spiro atoms. The second-order valence-electron chi connectivity index (χ2n) is 12.6. The molecule has 1 aliphatic heterocycles. The molecular formula is C39H39N3O11. The van der Waals surface area contributed by atoms with Gasteiger partial charge in [-0.15, -0.1) is 0 Å². The molecule has 14 heteroatoms. The van der Waals surface area contributed by atoms with E-state index in [2.05, 4.69) is 0 Å². The van der Waals surface area contributed by atoms with Gasteiger partial charge in [-0.1, -0.05) is 65.7 Å². The summed E-state index contributed by atoms with van der Waals surface area (Å²) < 4.78 is 37.6. The third-order valence-electron chi connectivity index (χ3n) is 8.88. The lowest BCUT2D eigenvalue weighted by Gasteiger charge is -2.19. The number of rotatable bonds is 13. The monoisotopic (exact) mass is 725 g/mol. The molecule has 6 rings (SSSR count). The van der Waals surface area contributed by atoms with Gasteiger partial charge < -0.3 is 33.0 Å². The van der Waals surface area contributed by atoms with E-state index < -0.39 is 54.3 Å². The van der Waals surface area contributed by atoms with Crippen LogP contribution in [-0.4, -0.2) is 64.6 Å². The lowest BCUT2D eigenvalue weighted by molar-refractivity contribution is -0.0565. The van der Waals surface area contributed by atoms with Crippen molar-refractivity contribution in [2.45, 2.75) is 58.8 Å². The average Bonchev–Trinajstić information content (AvgIpc) is 3.76. The summed E-state index contributed by atoms with van der Waals surface area (Å²) in [6, 6.07) is 23.0. The molecule has 0 radical (unpaired) electrons. The molecular weight excluding hydrogens is 686 g/mol. The topological polar surface area (TPSA) is 156 Å². The summed E-state index contributed by atoms with van der Waals surface area (Å²) in [4.78, 5) is 67.3. The third kappa shape index (κ3) is 7.99. The molecule has 0 saturated carbocycles. The quantitative estimate of drug-likeness (QED) is 0.124. The van der Waals surface area contributed by atoms with Crippen LogP contribution in [0.1, 0.15) is 60.4 Å². The van der Waals surface area contributed by atoms with Crippen LogP contribution in [0.15, 0.2) is 94.6 Å². The molecule has 53 heavy (non-hydrogen) atoms. The third-order valence-corrected chi connectivity index (χ3v) is 8.88. The van der Waals surface area contributed by atoms with Gasteiger partial charge in [0.2, 0.25) is 0 Å². The largest absolute Gasteiger partial charge is 0.465 e. The maximum Gasteiger partial charge on any atom is 0.340 e. The van der Waals surface area contributed by atoms with Crippen LogP contribution in [0.4, 0.5) is 0 Å². The Hall–Kier alpha value is -5.83. The first-order chi connectivity index (χ1) is 25.6. The molecule has 1 saturated heterocycles. The van der Waals surface area contributed by atoms with Crippen molar-refractivity contribution < 1.29 is 42.8 Å². The first-order valence-corrected chi connectivity index (χ1v) is 16.8. The molecule has 3 heterocycles. The van der Waals surface area contributed by atoms with Crippen LogP contribution in [0.3, 0.4) is 0 Å². The zero-order valence-corrected chi connectivity index (χ0v) is 29.7. The van der Waals surface area contributed by atoms with Gasteiger partial charge in [-0.3, -0.25) is 9.36 Å². The summed E-state index contributed by atoms with van der Waals surface area (Å²) in [5, 5.41) is -0.136. The predicted octanol–water partition coefficient (Wildman–Crippen LogP) is 4.52. The molecule has 1 fully saturated rings.